The molecule has 5 heteroatoms. The zero-order valence-corrected chi connectivity index (χ0v) is 14.5. The normalized spacial score (nSPS) is 15.4. The molecule has 3 aromatic rings. The van der Waals surface area contributed by atoms with Crippen LogP contribution in [0.1, 0.15) is 11.1 Å². The van der Waals surface area contributed by atoms with Gasteiger partial charge >= 0.3 is 0 Å². The highest BCUT2D eigenvalue weighted by atomic mass is 35.5. The van der Waals surface area contributed by atoms with E-state index in [0.717, 1.165) is 11.1 Å². The Labute approximate surface area is 156 Å². The molecule has 4 rings (SSSR count). The first-order valence-electron chi connectivity index (χ1n) is 8.09. The van der Waals surface area contributed by atoms with E-state index in [4.69, 9.17) is 11.6 Å². The standard InChI is InChI=1S/C21H14ClN3O/c22-17-10-6-7-15(13-17)14-18-21(26)25(19-11-4-5-12-23-19)20(24-18)16-8-2-1-3-9-16/h1-14H. The lowest BCUT2D eigenvalue weighted by atomic mass is 10.2. The summed E-state index contributed by atoms with van der Waals surface area (Å²) in [5.41, 5.74) is 2.01. The van der Waals surface area contributed by atoms with E-state index in [1.54, 1.807) is 30.5 Å². The average Bonchev–Trinajstić information content (AvgIpc) is 2.99. The molecule has 2 aromatic carbocycles. The lowest BCUT2D eigenvalue weighted by Gasteiger charge is -2.17. The maximum Gasteiger partial charge on any atom is 0.283 e. The van der Waals surface area contributed by atoms with Crippen LogP contribution in [0, 0.1) is 0 Å². The molecule has 0 fully saturated rings. The number of benzene rings is 2. The maximum atomic E-state index is 13.0. The highest BCUT2D eigenvalue weighted by molar-refractivity contribution is 6.33. The van der Waals surface area contributed by atoms with E-state index >= 15 is 0 Å². The van der Waals surface area contributed by atoms with Gasteiger partial charge in [0.15, 0.2) is 0 Å². The summed E-state index contributed by atoms with van der Waals surface area (Å²) in [4.78, 5) is 23.5. The Morgan fingerprint density at radius 1 is 0.923 bits per heavy atom. The van der Waals surface area contributed by atoms with E-state index < -0.39 is 0 Å². The summed E-state index contributed by atoms with van der Waals surface area (Å²) >= 11 is 6.05. The molecule has 126 valence electrons. The third-order valence-electron chi connectivity index (χ3n) is 3.92. The van der Waals surface area contributed by atoms with Gasteiger partial charge in [0.2, 0.25) is 0 Å². The molecule has 2 heterocycles. The number of aliphatic imine (C=N–C) groups is 1. The molecular formula is C21H14ClN3O. The molecule has 4 nitrogen and oxygen atoms in total. The van der Waals surface area contributed by atoms with Crippen molar-refractivity contribution >= 4 is 35.2 Å². The Hall–Kier alpha value is -3.24. The fourth-order valence-electron chi connectivity index (χ4n) is 2.75. The summed E-state index contributed by atoms with van der Waals surface area (Å²) in [6.45, 7) is 0. The van der Waals surface area contributed by atoms with Gasteiger partial charge in [-0.3, -0.25) is 4.79 Å². The number of rotatable bonds is 3. The number of halogens is 1. The van der Waals surface area contributed by atoms with Crippen molar-refractivity contribution in [3.63, 3.8) is 0 Å². The van der Waals surface area contributed by atoms with E-state index in [1.165, 1.54) is 4.90 Å². The quantitative estimate of drug-likeness (QED) is 0.643. The summed E-state index contributed by atoms with van der Waals surface area (Å²) in [5, 5.41) is 0.610. The average molecular weight is 360 g/mol. The van der Waals surface area contributed by atoms with E-state index in [0.29, 0.717) is 22.4 Å². The lowest BCUT2D eigenvalue weighted by molar-refractivity contribution is -0.113. The Morgan fingerprint density at radius 2 is 1.73 bits per heavy atom. The number of nitrogens with zero attached hydrogens (tertiary/aromatic N) is 3. The molecule has 1 aromatic heterocycles. The minimum absolute atomic E-state index is 0.220. The Morgan fingerprint density at radius 3 is 2.46 bits per heavy atom. The summed E-state index contributed by atoms with van der Waals surface area (Å²) in [6.07, 6.45) is 3.39. The smallest absolute Gasteiger partial charge is 0.266 e. The van der Waals surface area contributed by atoms with Gasteiger partial charge in [0.25, 0.3) is 5.91 Å². The van der Waals surface area contributed by atoms with Gasteiger partial charge in [-0.05, 0) is 35.9 Å². The molecule has 26 heavy (non-hydrogen) atoms. The SMILES string of the molecule is O=C1C(=Cc2cccc(Cl)c2)N=C(c2ccccc2)N1c1ccccn1. The number of amides is 1. The minimum Gasteiger partial charge on any atom is -0.266 e. The summed E-state index contributed by atoms with van der Waals surface area (Å²) < 4.78 is 0. The highest BCUT2D eigenvalue weighted by Crippen LogP contribution is 2.26. The number of carbonyl (C=O) groups excluding carboxylic acids is 1. The van der Waals surface area contributed by atoms with Crippen LogP contribution >= 0.6 is 11.6 Å². The second-order valence-corrected chi connectivity index (χ2v) is 6.15. The molecule has 1 amide bonds. The molecule has 1 aliphatic heterocycles. The third-order valence-corrected chi connectivity index (χ3v) is 4.16. The first-order chi connectivity index (χ1) is 12.7. The fourth-order valence-corrected chi connectivity index (χ4v) is 2.95. The van der Waals surface area contributed by atoms with Gasteiger partial charge in [-0.2, -0.15) is 0 Å². The van der Waals surface area contributed by atoms with Crippen LogP contribution in [0.4, 0.5) is 5.82 Å². The zero-order valence-electron chi connectivity index (χ0n) is 13.7. The van der Waals surface area contributed by atoms with Gasteiger partial charge in [-0.1, -0.05) is 60.1 Å². The molecule has 0 saturated carbocycles. The van der Waals surface area contributed by atoms with E-state index in [9.17, 15) is 4.79 Å². The largest absolute Gasteiger partial charge is 0.283 e. The predicted molar refractivity (Wildman–Crippen MR) is 104 cm³/mol. The number of pyridine rings is 1. The number of anilines is 1. The Bertz CT molecular complexity index is 1010. The Kier molecular flexibility index (Phi) is 4.33. The van der Waals surface area contributed by atoms with Crippen LogP contribution < -0.4 is 4.90 Å². The minimum atomic E-state index is -0.220. The van der Waals surface area contributed by atoms with Crippen molar-refractivity contribution in [2.45, 2.75) is 0 Å². The first-order valence-corrected chi connectivity index (χ1v) is 8.47. The third kappa shape index (κ3) is 3.15. The number of amidine groups is 1. The molecule has 0 radical (unpaired) electrons. The molecular weight excluding hydrogens is 346 g/mol. The number of carbonyl (C=O) groups is 1. The maximum absolute atomic E-state index is 13.0. The second-order valence-electron chi connectivity index (χ2n) is 5.71. The number of hydrogen-bond acceptors (Lipinski definition) is 3. The lowest BCUT2D eigenvalue weighted by Crippen LogP contribution is -2.33. The van der Waals surface area contributed by atoms with Gasteiger partial charge in [0.1, 0.15) is 17.4 Å². The van der Waals surface area contributed by atoms with Gasteiger partial charge < -0.3 is 0 Å². The molecule has 0 N–H and O–H groups in total. The summed E-state index contributed by atoms with van der Waals surface area (Å²) in [7, 11) is 0. The van der Waals surface area contributed by atoms with Crippen LogP contribution in [-0.2, 0) is 4.79 Å². The van der Waals surface area contributed by atoms with Gasteiger partial charge in [-0.15, -0.1) is 0 Å². The van der Waals surface area contributed by atoms with E-state index in [-0.39, 0.29) is 5.91 Å². The van der Waals surface area contributed by atoms with Crippen LogP contribution in [0.3, 0.4) is 0 Å². The topological polar surface area (TPSA) is 45.6 Å². The molecule has 0 atom stereocenters. The number of aromatic nitrogens is 1. The van der Waals surface area contributed by atoms with E-state index in [2.05, 4.69) is 9.98 Å². The predicted octanol–water partition coefficient (Wildman–Crippen LogP) is 4.57. The van der Waals surface area contributed by atoms with Crippen molar-refractivity contribution in [2.24, 2.45) is 4.99 Å². The van der Waals surface area contributed by atoms with Crippen LogP contribution in [-0.4, -0.2) is 16.7 Å². The van der Waals surface area contributed by atoms with Gasteiger partial charge in [0.05, 0.1) is 0 Å². The van der Waals surface area contributed by atoms with E-state index in [1.807, 2.05) is 54.6 Å². The Balaban J connectivity index is 1.82. The van der Waals surface area contributed by atoms with Crippen molar-refractivity contribution in [1.82, 2.24) is 4.98 Å². The molecule has 0 saturated heterocycles. The van der Waals surface area contributed by atoms with Crippen LogP contribution in [0.15, 0.2) is 89.7 Å². The molecule has 1 aliphatic rings. The van der Waals surface area contributed by atoms with Crippen LogP contribution in [0.25, 0.3) is 6.08 Å². The fraction of sp³-hybridized carbons (Fsp3) is 0. The molecule has 0 aliphatic carbocycles. The first kappa shape index (κ1) is 16.2. The van der Waals surface area contributed by atoms with Crippen LogP contribution in [0.2, 0.25) is 5.02 Å². The van der Waals surface area contributed by atoms with Crippen molar-refractivity contribution < 1.29 is 4.79 Å². The number of hydrogen-bond donors (Lipinski definition) is 0. The molecule has 0 spiro atoms. The zero-order chi connectivity index (χ0) is 17.9. The molecule has 0 unspecified atom stereocenters. The second kappa shape index (κ2) is 6.94. The van der Waals surface area contributed by atoms with Crippen molar-refractivity contribution in [1.29, 1.82) is 0 Å². The summed E-state index contributed by atoms with van der Waals surface area (Å²) in [5.74, 6) is 0.875. The summed E-state index contributed by atoms with van der Waals surface area (Å²) in [6, 6.07) is 22.3. The van der Waals surface area contributed by atoms with Crippen molar-refractivity contribution in [3.8, 4) is 0 Å². The van der Waals surface area contributed by atoms with Crippen LogP contribution in [0.5, 0.6) is 0 Å². The van der Waals surface area contributed by atoms with Gasteiger partial charge in [0, 0.05) is 16.8 Å². The highest BCUT2D eigenvalue weighted by Gasteiger charge is 2.33. The van der Waals surface area contributed by atoms with Crippen molar-refractivity contribution in [2.75, 3.05) is 4.90 Å². The van der Waals surface area contributed by atoms with Crippen molar-refractivity contribution in [3.05, 3.63) is 101 Å². The monoisotopic (exact) mass is 359 g/mol. The molecule has 0 bridgehead atoms. The van der Waals surface area contributed by atoms with Gasteiger partial charge in [-0.25, -0.2) is 14.9 Å².